The van der Waals surface area contributed by atoms with Gasteiger partial charge in [-0.25, -0.2) is 9.18 Å². The lowest BCUT2D eigenvalue weighted by molar-refractivity contribution is -0.385. The average molecular weight is 346 g/mol. The lowest BCUT2D eigenvalue weighted by atomic mass is 10.0. The molecular weight excluding hydrogens is 331 g/mol. The second-order valence-electron chi connectivity index (χ2n) is 5.35. The number of benzene rings is 2. The quantitative estimate of drug-likeness (QED) is 0.589. The summed E-state index contributed by atoms with van der Waals surface area (Å²) in [6.45, 7) is 0. The van der Waals surface area contributed by atoms with E-state index in [1.807, 2.05) is 0 Å². The Labute approximate surface area is 142 Å². The fourth-order valence-corrected chi connectivity index (χ4v) is 2.36. The van der Waals surface area contributed by atoms with Crippen molar-refractivity contribution in [3.05, 3.63) is 75.6 Å². The zero-order valence-electron chi connectivity index (χ0n) is 13.0. The smallest absolute Gasteiger partial charge is 0.326 e. The molecule has 0 spiro atoms. The Morgan fingerprint density at radius 3 is 2.56 bits per heavy atom. The summed E-state index contributed by atoms with van der Waals surface area (Å²) in [4.78, 5) is 33.8. The summed E-state index contributed by atoms with van der Waals surface area (Å²) >= 11 is 0. The van der Waals surface area contributed by atoms with Crippen molar-refractivity contribution in [3.8, 4) is 0 Å². The van der Waals surface area contributed by atoms with Crippen molar-refractivity contribution in [2.75, 3.05) is 0 Å². The number of carbonyl (C=O) groups excluding carboxylic acids is 1. The van der Waals surface area contributed by atoms with Crippen molar-refractivity contribution in [1.82, 2.24) is 5.32 Å². The highest BCUT2D eigenvalue weighted by atomic mass is 19.1. The average Bonchev–Trinajstić information content (AvgIpc) is 2.54. The van der Waals surface area contributed by atoms with E-state index in [4.69, 9.17) is 0 Å². The molecule has 130 valence electrons. The SMILES string of the molecule is O=C(Cc1cccc(F)c1)N[C@H](Cc1ccccc1[N+](=O)[O-])C(=O)O. The third-order valence-electron chi connectivity index (χ3n) is 3.50. The van der Waals surface area contributed by atoms with Crippen molar-refractivity contribution in [3.63, 3.8) is 0 Å². The van der Waals surface area contributed by atoms with Crippen molar-refractivity contribution in [1.29, 1.82) is 0 Å². The summed E-state index contributed by atoms with van der Waals surface area (Å²) in [6.07, 6.45) is -0.431. The normalized spacial score (nSPS) is 11.6. The van der Waals surface area contributed by atoms with Crippen LogP contribution in [0.15, 0.2) is 48.5 Å². The van der Waals surface area contributed by atoms with Crippen LogP contribution < -0.4 is 5.32 Å². The maximum atomic E-state index is 13.1. The van der Waals surface area contributed by atoms with Crippen molar-refractivity contribution in [2.24, 2.45) is 0 Å². The van der Waals surface area contributed by atoms with Gasteiger partial charge in [-0.3, -0.25) is 14.9 Å². The Morgan fingerprint density at radius 2 is 1.92 bits per heavy atom. The molecule has 0 radical (unpaired) electrons. The topological polar surface area (TPSA) is 110 Å². The predicted octanol–water partition coefficient (Wildman–Crippen LogP) is 2.09. The molecule has 2 rings (SSSR count). The van der Waals surface area contributed by atoms with Gasteiger partial charge in [0.05, 0.1) is 11.3 Å². The number of carbonyl (C=O) groups is 2. The number of nitrogens with one attached hydrogen (secondary N) is 1. The molecule has 2 N–H and O–H groups in total. The van der Waals surface area contributed by atoms with Crippen LogP contribution in [-0.2, 0) is 22.4 Å². The lowest BCUT2D eigenvalue weighted by Crippen LogP contribution is -2.43. The fourth-order valence-electron chi connectivity index (χ4n) is 2.36. The highest BCUT2D eigenvalue weighted by molar-refractivity contribution is 5.85. The second kappa shape index (κ2) is 8.00. The highest BCUT2D eigenvalue weighted by Crippen LogP contribution is 2.19. The summed E-state index contributed by atoms with van der Waals surface area (Å²) in [6, 6.07) is 9.79. The second-order valence-corrected chi connectivity index (χ2v) is 5.35. The number of hydrogen-bond donors (Lipinski definition) is 2. The summed E-state index contributed by atoms with van der Waals surface area (Å²) < 4.78 is 13.1. The summed E-state index contributed by atoms with van der Waals surface area (Å²) in [7, 11) is 0. The van der Waals surface area contributed by atoms with E-state index >= 15 is 0 Å². The third-order valence-corrected chi connectivity index (χ3v) is 3.50. The van der Waals surface area contributed by atoms with Crippen LogP contribution in [0.1, 0.15) is 11.1 Å². The van der Waals surface area contributed by atoms with E-state index in [0.29, 0.717) is 5.56 Å². The van der Waals surface area contributed by atoms with Gasteiger partial charge in [0.2, 0.25) is 5.91 Å². The molecule has 2 aromatic rings. The summed E-state index contributed by atoms with van der Waals surface area (Å²) in [5.74, 6) is -2.43. The van der Waals surface area contributed by atoms with Gasteiger partial charge in [0.1, 0.15) is 11.9 Å². The molecule has 0 saturated heterocycles. The number of nitro benzene ring substituents is 1. The summed E-state index contributed by atoms with van der Waals surface area (Å²) in [5.41, 5.74) is 0.381. The molecule has 0 aliphatic heterocycles. The zero-order valence-corrected chi connectivity index (χ0v) is 13.0. The van der Waals surface area contributed by atoms with E-state index in [-0.39, 0.29) is 24.1 Å². The highest BCUT2D eigenvalue weighted by Gasteiger charge is 2.24. The number of carboxylic acids is 1. The molecule has 0 saturated carbocycles. The van der Waals surface area contributed by atoms with Crippen molar-refractivity contribution >= 4 is 17.6 Å². The van der Waals surface area contributed by atoms with E-state index < -0.39 is 28.7 Å². The number of para-hydroxylation sites is 1. The van der Waals surface area contributed by atoms with Crippen LogP contribution in [0.3, 0.4) is 0 Å². The lowest BCUT2D eigenvalue weighted by Gasteiger charge is -2.15. The number of amides is 1. The van der Waals surface area contributed by atoms with Gasteiger partial charge in [-0.15, -0.1) is 0 Å². The van der Waals surface area contributed by atoms with Crippen LogP contribution in [0, 0.1) is 15.9 Å². The Morgan fingerprint density at radius 1 is 1.20 bits per heavy atom. The number of aliphatic carboxylic acids is 1. The number of rotatable bonds is 7. The first-order valence-corrected chi connectivity index (χ1v) is 7.35. The van der Waals surface area contributed by atoms with E-state index in [9.17, 15) is 29.2 Å². The number of halogens is 1. The minimum absolute atomic E-state index is 0.196. The molecule has 2 aromatic carbocycles. The number of nitrogens with zero attached hydrogens (tertiary/aromatic N) is 1. The van der Waals surface area contributed by atoms with Gasteiger partial charge >= 0.3 is 5.97 Å². The number of carboxylic acid groups (broad SMARTS) is 1. The monoisotopic (exact) mass is 346 g/mol. The van der Waals surface area contributed by atoms with Gasteiger partial charge in [0.15, 0.2) is 0 Å². The minimum Gasteiger partial charge on any atom is -0.480 e. The van der Waals surface area contributed by atoms with E-state index in [1.165, 1.54) is 36.4 Å². The Hall–Kier alpha value is -3.29. The zero-order chi connectivity index (χ0) is 18.4. The minimum atomic E-state index is -1.33. The van der Waals surface area contributed by atoms with Crippen LogP contribution >= 0.6 is 0 Å². The Kier molecular flexibility index (Phi) is 5.78. The van der Waals surface area contributed by atoms with Crippen LogP contribution in [-0.4, -0.2) is 27.9 Å². The van der Waals surface area contributed by atoms with Gasteiger partial charge in [0, 0.05) is 18.1 Å². The third kappa shape index (κ3) is 5.10. The molecule has 0 aromatic heterocycles. The van der Waals surface area contributed by atoms with Gasteiger partial charge in [0.25, 0.3) is 5.69 Å². The van der Waals surface area contributed by atoms with Crippen molar-refractivity contribution in [2.45, 2.75) is 18.9 Å². The fraction of sp³-hybridized carbons (Fsp3) is 0.176. The van der Waals surface area contributed by atoms with Crippen LogP contribution in [0.4, 0.5) is 10.1 Å². The van der Waals surface area contributed by atoms with Gasteiger partial charge in [-0.2, -0.15) is 0 Å². The van der Waals surface area contributed by atoms with Crippen LogP contribution in [0.5, 0.6) is 0 Å². The number of nitro groups is 1. The van der Waals surface area contributed by atoms with Crippen LogP contribution in [0.25, 0.3) is 0 Å². The maximum absolute atomic E-state index is 13.1. The maximum Gasteiger partial charge on any atom is 0.326 e. The molecule has 0 fully saturated rings. The molecule has 0 aliphatic carbocycles. The van der Waals surface area contributed by atoms with Gasteiger partial charge in [-0.05, 0) is 17.7 Å². The molecule has 1 atom stereocenters. The first-order valence-electron chi connectivity index (χ1n) is 7.35. The van der Waals surface area contributed by atoms with Crippen molar-refractivity contribution < 1.29 is 24.0 Å². The van der Waals surface area contributed by atoms with E-state index in [1.54, 1.807) is 12.1 Å². The first-order chi connectivity index (χ1) is 11.9. The predicted molar refractivity (Wildman–Crippen MR) is 86.5 cm³/mol. The largest absolute Gasteiger partial charge is 0.480 e. The molecule has 1 amide bonds. The summed E-state index contributed by atoms with van der Waals surface area (Å²) in [5, 5.41) is 22.6. The van der Waals surface area contributed by atoms with Gasteiger partial charge in [-0.1, -0.05) is 30.3 Å². The first kappa shape index (κ1) is 18.1. The van der Waals surface area contributed by atoms with Gasteiger partial charge < -0.3 is 10.4 Å². The molecule has 0 unspecified atom stereocenters. The molecule has 0 heterocycles. The molecule has 8 heteroatoms. The standard InChI is InChI=1S/C17H15FN2O5/c18-13-6-3-4-11(8-13)9-16(21)19-14(17(22)23)10-12-5-1-2-7-15(12)20(24)25/h1-8,14H,9-10H2,(H,19,21)(H,22,23)/t14-/m1/s1. The van der Waals surface area contributed by atoms with E-state index in [2.05, 4.69) is 5.32 Å². The molecule has 0 aliphatic rings. The molecule has 0 bridgehead atoms. The number of hydrogen-bond acceptors (Lipinski definition) is 4. The molecule has 25 heavy (non-hydrogen) atoms. The van der Waals surface area contributed by atoms with E-state index in [0.717, 1.165) is 0 Å². The molecular formula is C17H15FN2O5. The molecule has 7 nitrogen and oxygen atoms in total. The Balaban J connectivity index is 2.10. The van der Waals surface area contributed by atoms with Crippen LogP contribution in [0.2, 0.25) is 0 Å². The Bertz CT molecular complexity index is 809.